The molecule has 1 aliphatic rings. The fourth-order valence-electron chi connectivity index (χ4n) is 3.03. The monoisotopic (exact) mass is 308 g/mol. The summed E-state index contributed by atoms with van der Waals surface area (Å²) in [5.41, 5.74) is 0.881. The van der Waals surface area contributed by atoms with Crippen LogP contribution in [0.25, 0.3) is 0 Å². The minimum Gasteiger partial charge on any atom is -0.367 e. The van der Waals surface area contributed by atoms with Crippen LogP contribution in [0.1, 0.15) is 71.8 Å². The van der Waals surface area contributed by atoms with Gasteiger partial charge in [0.1, 0.15) is 16.1 Å². The van der Waals surface area contributed by atoms with Gasteiger partial charge < -0.3 is 9.72 Å². The van der Waals surface area contributed by atoms with E-state index in [2.05, 4.69) is 44.6 Å². The highest BCUT2D eigenvalue weighted by Crippen LogP contribution is 2.41. The predicted molar refractivity (Wildman–Crippen MR) is 89.1 cm³/mol. The molecule has 0 aromatic carbocycles. The summed E-state index contributed by atoms with van der Waals surface area (Å²) in [6.45, 7) is 11.6. The Morgan fingerprint density at radius 2 is 2.00 bits per heavy atom. The number of ether oxygens (including phenoxy) is 1. The van der Waals surface area contributed by atoms with Gasteiger partial charge in [-0.2, -0.15) is 0 Å². The van der Waals surface area contributed by atoms with Crippen LogP contribution in [0.3, 0.4) is 0 Å². The van der Waals surface area contributed by atoms with E-state index < -0.39 is 0 Å². The second-order valence-electron chi connectivity index (χ2n) is 7.34. The van der Waals surface area contributed by atoms with Crippen molar-refractivity contribution >= 4 is 12.2 Å². The lowest BCUT2D eigenvalue weighted by Gasteiger charge is -2.38. The predicted octanol–water partition coefficient (Wildman–Crippen LogP) is 4.88. The first-order chi connectivity index (χ1) is 9.77. The molecule has 21 heavy (non-hydrogen) atoms. The number of rotatable bonds is 3. The van der Waals surface area contributed by atoms with Gasteiger partial charge in [-0.3, -0.25) is 0 Å². The van der Waals surface area contributed by atoms with E-state index in [1.54, 1.807) is 0 Å². The van der Waals surface area contributed by atoms with E-state index in [1.807, 2.05) is 6.07 Å². The smallest absolute Gasteiger partial charge is 0.140 e. The number of hydrogen-bond donors (Lipinski definition) is 1. The van der Waals surface area contributed by atoms with Gasteiger partial charge in [-0.25, -0.2) is 4.98 Å². The Labute approximate surface area is 133 Å². The molecular formula is C17H28N2OS. The van der Waals surface area contributed by atoms with Gasteiger partial charge >= 0.3 is 0 Å². The minimum absolute atomic E-state index is 0.0284. The molecule has 0 saturated heterocycles. The van der Waals surface area contributed by atoms with Crippen molar-refractivity contribution in [3.8, 4) is 0 Å². The molecule has 1 aromatic heterocycles. The van der Waals surface area contributed by atoms with Crippen molar-refractivity contribution in [3.05, 3.63) is 22.2 Å². The molecule has 0 spiro atoms. The number of aromatic amines is 1. The van der Waals surface area contributed by atoms with Crippen LogP contribution in [0.5, 0.6) is 0 Å². The summed E-state index contributed by atoms with van der Waals surface area (Å²) >= 11 is 5.40. The molecule has 1 N–H and O–H groups in total. The largest absolute Gasteiger partial charge is 0.367 e. The van der Waals surface area contributed by atoms with Crippen molar-refractivity contribution in [2.24, 2.45) is 5.92 Å². The third kappa shape index (κ3) is 3.72. The highest BCUT2D eigenvalue weighted by atomic mass is 32.1. The van der Waals surface area contributed by atoms with Gasteiger partial charge in [0.05, 0.1) is 0 Å². The topological polar surface area (TPSA) is 37.9 Å². The van der Waals surface area contributed by atoms with Gasteiger partial charge in [-0.1, -0.05) is 39.9 Å². The molecule has 0 radical (unpaired) electrons. The molecule has 0 bridgehead atoms. The number of aromatic nitrogens is 2. The van der Waals surface area contributed by atoms with Crippen LogP contribution in [-0.4, -0.2) is 16.6 Å². The number of H-pyrrole nitrogens is 1. The fourth-order valence-corrected chi connectivity index (χ4v) is 3.24. The zero-order chi connectivity index (χ0) is 15.7. The van der Waals surface area contributed by atoms with Gasteiger partial charge in [-0.15, -0.1) is 0 Å². The highest BCUT2D eigenvalue weighted by Gasteiger charge is 2.39. The van der Waals surface area contributed by atoms with Gasteiger partial charge in [0.2, 0.25) is 0 Å². The first kappa shape index (κ1) is 16.6. The molecular weight excluding hydrogens is 280 g/mol. The van der Waals surface area contributed by atoms with Crippen molar-refractivity contribution in [1.29, 1.82) is 0 Å². The Bertz CT molecular complexity index is 536. The number of nitrogens with one attached hydrogen (secondary N) is 1. The summed E-state index contributed by atoms with van der Waals surface area (Å²) < 4.78 is 6.85. The molecule has 0 unspecified atom stereocenters. The normalized spacial score (nSPS) is 26.8. The van der Waals surface area contributed by atoms with Crippen molar-refractivity contribution in [2.45, 2.75) is 71.3 Å². The van der Waals surface area contributed by atoms with Gasteiger partial charge in [0.25, 0.3) is 0 Å². The van der Waals surface area contributed by atoms with Crippen LogP contribution in [0.2, 0.25) is 0 Å². The maximum Gasteiger partial charge on any atom is 0.140 e. The summed E-state index contributed by atoms with van der Waals surface area (Å²) in [5, 5.41) is 0. The molecule has 1 saturated carbocycles. The van der Waals surface area contributed by atoms with Gasteiger partial charge in [-0.05, 0) is 44.6 Å². The second kappa shape index (κ2) is 6.17. The molecule has 2 rings (SSSR count). The molecule has 1 aromatic rings. The van der Waals surface area contributed by atoms with E-state index in [4.69, 9.17) is 17.0 Å². The molecule has 118 valence electrons. The van der Waals surface area contributed by atoms with E-state index in [0.717, 1.165) is 30.3 Å². The SMILES string of the molecule is CCOC1(c2nc(=S)cc(C(C)(C)C)[nH]2)CCC(C)CC1. The lowest BCUT2D eigenvalue weighted by atomic mass is 9.78. The lowest BCUT2D eigenvalue weighted by Crippen LogP contribution is -2.37. The van der Waals surface area contributed by atoms with Crippen LogP contribution in [-0.2, 0) is 15.8 Å². The Hall–Kier alpha value is -0.740. The number of hydrogen-bond acceptors (Lipinski definition) is 3. The highest BCUT2D eigenvalue weighted by molar-refractivity contribution is 7.71. The summed E-state index contributed by atoms with van der Waals surface area (Å²) in [5.74, 6) is 1.70. The molecule has 4 heteroatoms. The average molecular weight is 308 g/mol. The van der Waals surface area contributed by atoms with Crippen LogP contribution in [0.15, 0.2) is 6.07 Å². The maximum absolute atomic E-state index is 6.19. The van der Waals surface area contributed by atoms with Crippen molar-refractivity contribution in [1.82, 2.24) is 9.97 Å². The van der Waals surface area contributed by atoms with E-state index in [-0.39, 0.29) is 11.0 Å². The molecule has 1 fully saturated rings. The van der Waals surface area contributed by atoms with Crippen molar-refractivity contribution in [3.63, 3.8) is 0 Å². The number of nitrogens with zero attached hydrogens (tertiary/aromatic N) is 1. The standard InChI is InChI=1S/C17H28N2OS/c1-6-20-17(9-7-12(2)8-10-17)15-18-13(16(3,4)5)11-14(21)19-15/h11-12H,6-10H2,1-5H3,(H,18,19,21). The molecule has 0 aliphatic heterocycles. The molecule has 3 nitrogen and oxygen atoms in total. The Morgan fingerprint density at radius 1 is 1.38 bits per heavy atom. The minimum atomic E-state index is -0.282. The van der Waals surface area contributed by atoms with Crippen LogP contribution >= 0.6 is 12.2 Å². The zero-order valence-corrected chi connectivity index (χ0v) is 14.8. The molecule has 1 aliphatic carbocycles. The summed E-state index contributed by atoms with van der Waals surface area (Å²) in [7, 11) is 0. The Kier molecular flexibility index (Phi) is 4.89. The van der Waals surface area contributed by atoms with Crippen molar-refractivity contribution in [2.75, 3.05) is 6.61 Å². The van der Waals surface area contributed by atoms with Crippen LogP contribution in [0, 0.1) is 10.6 Å². The van der Waals surface area contributed by atoms with E-state index in [1.165, 1.54) is 12.8 Å². The Morgan fingerprint density at radius 3 is 2.52 bits per heavy atom. The van der Waals surface area contributed by atoms with E-state index in [0.29, 0.717) is 11.2 Å². The Balaban J connectivity index is 2.46. The first-order valence-corrected chi connectivity index (χ1v) is 8.44. The third-order valence-corrected chi connectivity index (χ3v) is 4.69. The van der Waals surface area contributed by atoms with E-state index >= 15 is 0 Å². The molecule has 1 heterocycles. The third-order valence-electron chi connectivity index (χ3n) is 4.49. The summed E-state index contributed by atoms with van der Waals surface area (Å²) in [6, 6.07) is 1.98. The lowest BCUT2D eigenvalue weighted by molar-refractivity contribution is -0.0839. The second-order valence-corrected chi connectivity index (χ2v) is 7.76. The zero-order valence-electron chi connectivity index (χ0n) is 14.0. The first-order valence-electron chi connectivity index (χ1n) is 8.03. The molecule has 0 amide bonds. The summed E-state index contributed by atoms with van der Waals surface area (Å²) in [6.07, 6.45) is 4.41. The van der Waals surface area contributed by atoms with Crippen molar-refractivity contribution < 1.29 is 4.74 Å². The van der Waals surface area contributed by atoms with E-state index in [9.17, 15) is 0 Å². The quantitative estimate of drug-likeness (QED) is 0.809. The fraction of sp³-hybridized carbons (Fsp3) is 0.765. The van der Waals surface area contributed by atoms with Gasteiger partial charge in [0, 0.05) is 17.7 Å². The average Bonchev–Trinajstić information content (AvgIpc) is 2.40. The van der Waals surface area contributed by atoms with Crippen LogP contribution < -0.4 is 0 Å². The van der Waals surface area contributed by atoms with Gasteiger partial charge in [0.15, 0.2) is 0 Å². The summed E-state index contributed by atoms with van der Waals surface area (Å²) in [4.78, 5) is 8.15. The maximum atomic E-state index is 6.19. The molecule has 0 atom stereocenters. The van der Waals surface area contributed by atoms with Crippen LogP contribution in [0.4, 0.5) is 0 Å².